The number of rotatable bonds is 2. The Morgan fingerprint density at radius 1 is 1.38 bits per heavy atom. The number of aromatic nitrogens is 2. The normalized spacial score (nSPS) is 16.6. The molecule has 0 bridgehead atoms. The molecule has 0 spiro atoms. The van der Waals surface area contributed by atoms with Crippen LogP contribution in [0.5, 0.6) is 0 Å². The molecule has 0 radical (unpaired) electrons. The molecule has 0 N–H and O–H groups in total. The molecule has 112 valence electrons. The maximum atomic E-state index is 12.9. The molecule has 1 aliphatic rings. The van der Waals surface area contributed by atoms with Gasteiger partial charge in [-0.25, -0.2) is 4.98 Å². The second-order valence-electron chi connectivity index (χ2n) is 6.17. The number of amides is 1. The van der Waals surface area contributed by atoms with Gasteiger partial charge in [-0.2, -0.15) is 0 Å². The van der Waals surface area contributed by atoms with E-state index in [0.29, 0.717) is 0 Å². The molecule has 0 saturated carbocycles. The van der Waals surface area contributed by atoms with E-state index in [-0.39, 0.29) is 5.91 Å². The van der Waals surface area contributed by atoms with Crippen LogP contribution in [0.2, 0.25) is 0 Å². The van der Waals surface area contributed by atoms with Gasteiger partial charge in [0.1, 0.15) is 11.3 Å². The van der Waals surface area contributed by atoms with Gasteiger partial charge in [0.05, 0.1) is 5.69 Å². The average Bonchev–Trinajstić information content (AvgIpc) is 2.84. The minimum Gasteiger partial charge on any atom is -0.337 e. The van der Waals surface area contributed by atoms with Crippen molar-refractivity contribution >= 4 is 11.6 Å². The number of imidazole rings is 1. The van der Waals surface area contributed by atoms with Gasteiger partial charge in [-0.05, 0) is 49.8 Å². The first-order chi connectivity index (χ1) is 10.1. The first kappa shape index (κ1) is 14.1. The van der Waals surface area contributed by atoms with Crippen LogP contribution in [0.3, 0.4) is 0 Å². The number of carbonyl (C=O) groups is 1. The Hall–Kier alpha value is -1.84. The largest absolute Gasteiger partial charge is 0.337 e. The summed E-state index contributed by atoms with van der Waals surface area (Å²) < 4.78 is 1.95. The Morgan fingerprint density at radius 2 is 2.10 bits per heavy atom. The van der Waals surface area contributed by atoms with Crippen molar-refractivity contribution in [1.82, 2.24) is 14.3 Å². The van der Waals surface area contributed by atoms with Crippen molar-refractivity contribution in [2.75, 3.05) is 13.1 Å². The van der Waals surface area contributed by atoms with E-state index in [2.05, 4.69) is 18.8 Å². The number of piperidine rings is 1. The van der Waals surface area contributed by atoms with Crippen LogP contribution in [0.15, 0.2) is 18.3 Å². The molecule has 0 atom stereocenters. The molecule has 21 heavy (non-hydrogen) atoms. The second kappa shape index (κ2) is 5.51. The second-order valence-corrected chi connectivity index (χ2v) is 6.17. The lowest BCUT2D eigenvalue weighted by Gasteiger charge is -2.30. The molecule has 1 amide bonds. The summed E-state index contributed by atoms with van der Waals surface area (Å²) >= 11 is 0. The summed E-state index contributed by atoms with van der Waals surface area (Å²) in [6.45, 7) is 8.10. The van der Waals surface area contributed by atoms with Crippen molar-refractivity contribution in [2.24, 2.45) is 5.92 Å². The SMILES string of the molecule is CCc1nc2cc(C)ccn2c1C(=O)N1CCC(C)CC1. The van der Waals surface area contributed by atoms with Gasteiger partial charge in [0.2, 0.25) is 0 Å². The summed E-state index contributed by atoms with van der Waals surface area (Å²) in [4.78, 5) is 19.5. The average molecular weight is 285 g/mol. The van der Waals surface area contributed by atoms with Gasteiger partial charge in [0.15, 0.2) is 0 Å². The van der Waals surface area contributed by atoms with Crippen LogP contribution in [0.1, 0.15) is 48.4 Å². The molecule has 3 heterocycles. The zero-order chi connectivity index (χ0) is 15.0. The van der Waals surface area contributed by atoms with Crippen molar-refractivity contribution in [1.29, 1.82) is 0 Å². The Kier molecular flexibility index (Phi) is 3.70. The van der Waals surface area contributed by atoms with Crippen LogP contribution in [0.4, 0.5) is 0 Å². The highest BCUT2D eigenvalue weighted by Crippen LogP contribution is 2.21. The smallest absolute Gasteiger partial charge is 0.272 e. The summed E-state index contributed by atoms with van der Waals surface area (Å²) in [5.74, 6) is 0.861. The van der Waals surface area contributed by atoms with E-state index >= 15 is 0 Å². The number of likely N-dealkylation sites (tertiary alicyclic amines) is 1. The summed E-state index contributed by atoms with van der Waals surface area (Å²) in [6.07, 6.45) is 4.95. The van der Waals surface area contributed by atoms with Gasteiger partial charge in [0.25, 0.3) is 5.91 Å². The standard InChI is InChI=1S/C17H23N3O/c1-4-14-16(17(21)19-8-5-12(2)6-9-19)20-10-7-13(3)11-15(20)18-14/h7,10-12H,4-6,8-9H2,1-3H3. The topological polar surface area (TPSA) is 37.6 Å². The fourth-order valence-corrected chi connectivity index (χ4v) is 3.03. The van der Waals surface area contributed by atoms with Gasteiger partial charge in [-0.3, -0.25) is 9.20 Å². The number of pyridine rings is 1. The predicted octanol–water partition coefficient (Wildman–Crippen LogP) is 3.08. The van der Waals surface area contributed by atoms with E-state index in [1.807, 2.05) is 34.6 Å². The molecule has 4 nitrogen and oxygen atoms in total. The molecule has 1 saturated heterocycles. The molecule has 0 aliphatic carbocycles. The predicted molar refractivity (Wildman–Crippen MR) is 83.6 cm³/mol. The summed E-state index contributed by atoms with van der Waals surface area (Å²) in [5, 5.41) is 0. The third-order valence-electron chi connectivity index (χ3n) is 4.46. The van der Waals surface area contributed by atoms with Gasteiger partial charge >= 0.3 is 0 Å². The van der Waals surface area contributed by atoms with Crippen LogP contribution in [-0.2, 0) is 6.42 Å². The number of aryl methyl sites for hydroxylation is 2. The molecule has 3 rings (SSSR count). The van der Waals surface area contributed by atoms with E-state index in [1.54, 1.807) is 0 Å². The number of hydrogen-bond acceptors (Lipinski definition) is 2. The molecule has 4 heteroatoms. The van der Waals surface area contributed by atoms with E-state index < -0.39 is 0 Å². The van der Waals surface area contributed by atoms with Crippen molar-refractivity contribution < 1.29 is 4.79 Å². The Balaban J connectivity index is 2.00. The maximum absolute atomic E-state index is 12.9. The number of carbonyl (C=O) groups excluding carboxylic acids is 1. The minimum atomic E-state index is 0.134. The van der Waals surface area contributed by atoms with Gasteiger partial charge in [-0.1, -0.05) is 13.8 Å². The highest BCUT2D eigenvalue weighted by molar-refractivity contribution is 5.94. The molecule has 1 aliphatic heterocycles. The molecule has 2 aromatic heterocycles. The Bertz CT molecular complexity index is 666. The highest BCUT2D eigenvalue weighted by Gasteiger charge is 2.26. The quantitative estimate of drug-likeness (QED) is 0.850. The number of nitrogens with zero attached hydrogens (tertiary/aromatic N) is 3. The van der Waals surface area contributed by atoms with Crippen molar-refractivity contribution in [3.63, 3.8) is 0 Å². The van der Waals surface area contributed by atoms with Crippen LogP contribution in [-0.4, -0.2) is 33.3 Å². The van der Waals surface area contributed by atoms with E-state index in [4.69, 9.17) is 0 Å². The van der Waals surface area contributed by atoms with Crippen LogP contribution in [0, 0.1) is 12.8 Å². The monoisotopic (exact) mass is 285 g/mol. The Labute approximate surface area is 125 Å². The minimum absolute atomic E-state index is 0.134. The third kappa shape index (κ3) is 2.55. The van der Waals surface area contributed by atoms with Crippen molar-refractivity contribution in [3.8, 4) is 0 Å². The molecule has 2 aromatic rings. The van der Waals surface area contributed by atoms with Crippen LogP contribution >= 0.6 is 0 Å². The van der Waals surface area contributed by atoms with Crippen molar-refractivity contribution in [2.45, 2.75) is 40.0 Å². The van der Waals surface area contributed by atoms with Gasteiger partial charge in [-0.15, -0.1) is 0 Å². The fraction of sp³-hybridized carbons (Fsp3) is 0.529. The molecule has 1 fully saturated rings. The summed E-state index contributed by atoms with van der Waals surface area (Å²) in [6, 6.07) is 4.07. The molecular weight excluding hydrogens is 262 g/mol. The first-order valence-corrected chi connectivity index (χ1v) is 7.87. The zero-order valence-corrected chi connectivity index (χ0v) is 13.1. The van der Waals surface area contributed by atoms with E-state index in [9.17, 15) is 4.79 Å². The van der Waals surface area contributed by atoms with Crippen LogP contribution in [0.25, 0.3) is 5.65 Å². The molecule has 0 unspecified atom stereocenters. The van der Waals surface area contributed by atoms with E-state index in [1.165, 1.54) is 5.56 Å². The zero-order valence-electron chi connectivity index (χ0n) is 13.1. The number of hydrogen-bond donors (Lipinski definition) is 0. The number of fused-ring (bicyclic) bond motifs is 1. The first-order valence-electron chi connectivity index (χ1n) is 7.87. The van der Waals surface area contributed by atoms with E-state index in [0.717, 1.165) is 55.3 Å². The summed E-state index contributed by atoms with van der Waals surface area (Å²) in [5.41, 5.74) is 3.70. The molecular formula is C17H23N3O. The van der Waals surface area contributed by atoms with Crippen LogP contribution < -0.4 is 0 Å². The third-order valence-corrected chi connectivity index (χ3v) is 4.46. The highest BCUT2D eigenvalue weighted by atomic mass is 16.2. The lowest BCUT2D eigenvalue weighted by Crippen LogP contribution is -2.38. The summed E-state index contributed by atoms with van der Waals surface area (Å²) in [7, 11) is 0. The fourth-order valence-electron chi connectivity index (χ4n) is 3.03. The maximum Gasteiger partial charge on any atom is 0.272 e. The lowest BCUT2D eigenvalue weighted by atomic mass is 9.99. The Morgan fingerprint density at radius 3 is 2.76 bits per heavy atom. The van der Waals surface area contributed by atoms with Gasteiger partial charge < -0.3 is 4.90 Å². The van der Waals surface area contributed by atoms with Gasteiger partial charge in [0, 0.05) is 19.3 Å². The lowest BCUT2D eigenvalue weighted by molar-refractivity contribution is 0.0689. The van der Waals surface area contributed by atoms with Crippen molar-refractivity contribution in [3.05, 3.63) is 35.3 Å². The molecule has 0 aromatic carbocycles.